The van der Waals surface area contributed by atoms with Gasteiger partial charge in [-0.3, -0.25) is 4.79 Å². The third-order valence-corrected chi connectivity index (χ3v) is 4.12. The zero-order valence-electron chi connectivity index (χ0n) is 11.8. The van der Waals surface area contributed by atoms with E-state index in [2.05, 4.69) is 0 Å². The second-order valence-corrected chi connectivity index (χ2v) is 5.75. The number of nitrogens with two attached hydrogens (primary N) is 1. The molecule has 0 aliphatic heterocycles. The number of hydrogen-bond acceptors (Lipinski definition) is 2. The van der Waals surface area contributed by atoms with E-state index in [1.165, 1.54) is 6.07 Å². The van der Waals surface area contributed by atoms with Crippen LogP contribution in [-0.4, -0.2) is 11.8 Å². The molecular formula is C16H20F3NO. The van der Waals surface area contributed by atoms with Gasteiger partial charge in [0.1, 0.15) is 5.78 Å². The van der Waals surface area contributed by atoms with Crippen LogP contribution in [0.5, 0.6) is 0 Å². The smallest absolute Gasteiger partial charge is 0.327 e. The molecule has 1 aliphatic rings. The molecule has 1 fully saturated rings. The first-order chi connectivity index (χ1) is 9.88. The highest BCUT2D eigenvalue weighted by atomic mass is 19.4. The van der Waals surface area contributed by atoms with Crippen molar-refractivity contribution in [1.82, 2.24) is 0 Å². The second kappa shape index (κ2) is 6.60. The number of alkyl halides is 3. The lowest BCUT2D eigenvalue weighted by molar-refractivity contribution is -0.137. The molecule has 1 aliphatic carbocycles. The lowest BCUT2D eigenvalue weighted by Crippen LogP contribution is -2.35. The van der Waals surface area contributed by atoms with Crippen molar-refractivity contribution < 1.29 is 18.0 Å². The van der Waals surface area contributed by atoms with E-state index in [0.29, 0.717) is 5.56 Å². The molecule has 2 atom stereocenters. The van der Waals surface area contributed by atoms with Gasteiger partial charge in [0, 0.05) is 18.4 Å². The number of benzene rings is 1. The molecule has 0 aromatic heterocycles. The van der Waals surface area contributed by atoms with Crippen molar-refractivity contribution in [1.29, 1.82) is 0 Å². The lowest BCUT2D eigenvalue weighted by atomic mass is 9.88. The van der Waals surface area contributed by atoms with E-state index >= 15 is 0 Å². The number of ketones is 1. The van der Waals surface area contributed by atoms with Crippen LogP contribution in [0.15, 0.2) is 24.3 Å². The molecule has 1 aromatic carbocycles. The van der Waals surface area contributed by atoms with Gasteiger partial charge in [0.25, 0.3) is 0 Å². The fourth-order valence-electron chi connectivity index (χ4n) is 2.93. The molecule has 2 nitrogen and oxygen atoms in total. The van der Waals surface area contributed by atoms with Gasteiger partial charge in [-0.2, -0.15) is 13.2 Å². The topological polar surface area (TPSA) is 43.1 Å². The minimum Gasteiger partial charge on any atom is -0.327 e. The Morgan fingerprint density at radius 1 is 1.19 bits per heavy atom. The Morgan fingerprint density at radius 2 is 1.90 bits per heavy atom. The van der Waals surface area contributed by atoms with Gasteiger partial charge >= 0.3 is 6.18 Å². The van der Waals surface area contributed by atoms with Crippen LogP contribution in [-0.2, 0) is 17.4 Å². The molecule has 21 heavy (non-hydrogen) atoms. The predicted molar refractivity (Wildman–Crippen MR) is 74.7 cm³/mol. The SMILES string of the molecule is NC1CCCCCC1C(=O)Cc1cccc(C(F)(F)F)c1. The average molecular weight is 299 g/mol. The Balaban J connectivity index is 2.08. The van der Waals surface area contributed by atoms with Crippen molar-refractivity contribution in [2.45, 2.75) is 50.7 Å². The zero-order chi connectivity index (χ0) is 15.5. The van der Waals surface area contributed by atoms with Crippen molar-refractivity contribution in [3.63, 3.8) is 0 Å². The van der Waals surface area contributed by atoms with E-state index < -0.39 is 11.7 Å². The molecule has 5 heteroatoms. The van der Waals surface area contributed by atoms with E-state index in [-0.39, 0.29) is 24.2 Å². The highest BCUT2D eigenvalue weighted by molar-refractivity contribution is 5.84. The summed E-state index contributed by atoms with van der Waals surface area (Å²) in [5.74, 6) is -0.259. The van der Waals surface area contributed by atoms with E-state index in [9.17, 15) is 18.0 Å². The summed E-state index contributed by atoms with van der Waals surface area (Å²) in [4.78, 5) is 12.3. The molecule has 1 saturated carbocycles. The highest BCUT2D eigenvalue weighted by Gasteiger charge is 2.31. The van der Waals surface area contributed by atoms with Gasteiger partial charge in [-0.05, 0) is 24.5 Å². The first kappa shape index (κ1) is 16.0. The summed E-state index contributed by atoms with van der Waals surface area (Å²) in [7, 11) is 0. The molecule has 0 heterocycles. The number of rotatable bonds is 3. The van der Waals surface area contributed by atoms with Crippen molar-refractivity contribution >= 4 is 5.78 Å². The Morgan fingerprint density at radius 3 is 2.62 bits per heavy atom. The number of carbonyl (C=O) groups excluding carboxylic acids is 1. The maximum atomic E-state index is 12.7. The molecule has 0 saturated heterocycles. The normalized spacial score (nSPS) is 23.6. The summed E-state index contributed by atoms with van der Waals surface area (Å²) in [5.41, 5.74) is 5.73. The number of halogens is 3. The number of Topliss-reactive ketones (excluding diaryl/α,β-unsaturated/α-hetero) is 1. The molecule has 0 spiro atoms. The molecule has 2 unspecified atom stereocenters. The maximum Gasteiger partial charge on any atom is 0.416 e. The van der Waals surface area contributed by atoms with Crippen molar-refractivity contribution in [2.75, 3.05) is 0 Å². The third kappa shape index (κ3) is 4.30. The van der Waals surface area contributed by atoms with Gasteiger partial charge in [-0.25, -0.2) is 0 Å². The van der Waals surface area contributed by atoms with E-state index in [1.807, 2.05) is 0 Å². The fourth-order valence-corrected chi connectivity index (χ4v) is 2.93. The zero-order valence-corrected chi connectivity index (χ0v) is 11.8. The van der Waals surface area contributed by atoms with Crippen LogP contribution < -0.4 is 5.73 Å². The van der Waals surface area contributed by atoms with Gasteiger partial charge in [-0.1, -0.05) is 37.5 Å². The van der Waals surface area contributed by atoms with Crippen LogP contribution in [0.25, 0.3) is 0 Å². The number of hydrogen-bond donors (Lipinski definition) is 1. The second-order valence-electron chi connectivity index (χ2n) is 5.75. The summed E-state index contributed by atoms with van der Waals surface area (Å²) in [6, 6.07) is 4.82. The maximum absolute atomic E-state index is 12.7. The molecule has 1 aromatic rings. The molecule has 116 valence electrons. The molecule has 0 bridgehead atoms. The monoisotopic (exact) mass is 299 g/mol. The summed E-state index contributed by atoms with van der Waals surface area (Å²) in [6.07, 6.45) is 0.278. The van der Waals surface area contributed by atoms with Crippen LogP contribution >= 0.6 is 0 Å². The van der Waals surface area contributed by atoms with Crippen LogP contribution in [0, 0.1) is 5.92 Å². The Labute approximate surface area is 122 Å². The van der Waals surface area contributed by atoms with E-state index in [0.717, 1.165) is 44.2 Å². The molecular weight excluding hydrogens is 279 g/mol. The van der Waals surface area contributed by atoms with E-state index in [4.69, 9.17) is 5.73 Å². The summed E-state index contributed by atoms with van der Waals surface area (Å²) < 4.78 is 38.0. The van der Waals surface area contributed by atoms with Gasteiger partial charge in [0.05, 0.1) is 5.56 Å². The lowest BCUT2D eigenvalue weighted by Gasteiger charge is -2.20. The van der Waals surface area contributed by atoms with Gasteiger partial charge in [-0.15, -0.1) is 0 Å². The minimum atomic E-state index is -4.38. The van der Waals surface area contributed by atoms with Crippen LogP contribution in [0.3, 0.4) is 0 Å². The van der Waals surface area contributed by atoms with Crippen molar-refractivity contribution in [3.05, 3.63) is 35.4 Å². The molecule has 0 radical (unpaired) electrons. The van der Waals surface area contributed by atoms with Crippen molar-refractivity contribution in [2.24, 2.45) is 11.7 Å². The van der Waals surface area contributed by atoms with Crippen LogP contribution in [0.1, 0.15) is 43.2 Å². The minimum absolute atomic E-state index is 0.0300. The Hall–Kier alpha value is -1.36. The summed E-state index contributed by atoms with van der Waals surface area (Å²) >= 11 is 0. The first-order valence-corrected chi connectivity index (χ1v) is 7.32. The number of carbonyl (C=O) groups is 1. The van der Waals surface area contributed by atoms with E-state index in [1.54, 1.807) is 6.07 Å². The largest absolute Gasteiger partial charge is 0.416 e. The highest BCUT2D eigenvalue weighted by Crippen LogP contribution is 2.30. The molecule has 2 N–H and O–H groups in total. The summed E-state index contributed by atoms with van der Waals surface area (Å²) in [5, 5.41) is 0. The summed E-state index contributed by atoms with van der Waals surface area (Å²) in [6.45, 7) is 0. The standard InChI is InChI=1S/C16H20F3NO/c17-16(18,19)12-6-4-5-11(9-12)10-15(21)13-7-2-1-3-8-14(13)20/h4-6,9,13-14H,1-3,7-8,10,20H2. The van der Waals surface area contributed by atoms with Crippen molar-refractivity contribution in [3.8, 4) is 0 Å². The quantitative estimate of drug-likeness (QED) is 0.864. The predicted octanol–water partition coefficient (Wildman–Crippen LogP) is 3.72. The fraction of sp³-hybridized carbons (Fsp3) is 0.562. The van der Waals surface area contributed by atoms with Crippen LogP contribution in [0.4, 0.5) is 13.2 Å². The molecule has 2 rings (SSSR count). The average Bonchev–Trinajstić information content (AvgIpc) is 2.62. The van der Waals surface area contributed by atoms with Gasteiger partial charge in [0.2, 0.25) is 0 Å². The van der Waals surface area contributed by atoms with Crippen LogP contribution in [0.2, 0.25) is 0 Å². The third-order valence-electron chi connectivity index (χ3n) is 4.12. The Bertz CT molecular complexity index is 499. The van der Waals surface area contributed by atoms with Gasteiger partial charge in [0.15, 0.2) is 0 Å². The van der Waals surface area contributed by atoms with Gasteiger partial charge < -0.3 is 5.73 Å². The Kier molecular flexibility index (Phi) is 5.04. The first-order valence-electron chi connectivity index (χ1n) is 7.32. The molecule has 0 amide bonds.